The van der Waals surface area contributed by atoms with Gasteiger partial charge < -0.3 is 1.43 Å². The van der Waals surface area contributed by atoms with Crippen molar-refractivity contribution in [3.05, 3.63) is 29.3 Å². The predicted molar refractivity (Wildman–Crippen MR) is 116 cm³/mol. The van der Waals surface area contributed by atoms with Gasteiger partial charge in [0.05, 0.1) is 11.5 Å². The summed E-state index contributed by atoms with van der Waals surface area (Å²) in [7, 11) is -3.65. The van der Waals surface area contributed by atoms with Crippen LogP contribution in [0, 0.1) is 6.92 Å². The van der Waals surface area contributed by atoms with E-state index >= 15 is 0 Å². The summed E-state index contributed by atoms with van der Waals surface area (Å²) in [5.41, 5.74) is 1.86. The summed E-state index contributed by atoms with van der Waals surface area (Å²) in [6.45, 7) is 6.55. The van der Waals surface area contributed by atoms with Crippen LogP contribution in [0.5, 0.6) is 0 Å². The van der Waals surface area contributed by atoms with Crippen LogP contribution in [0.15, 0.2) is 23.1 Å². The predicted octanol–water partition coefficient (Wildman–Crippen LogP) is 4.08. The summed E-state index contributed by atoms with van der Waals surface area (Å²) >= 11 is 0. The van der Waals surface area contributed by atoms with Gasteiger partial charge in [-0.2, -0.15) is 8.42 Å². The Morgan fingerprint density at radius 2 is 1.36 bits per heavy atom. The standard InChI is InChI=1S/C23H40O3S.Na.H/c1-4-6-8-10-12-14-16-22-18-17-21(3)23(20-22)27(24,25)26-19-15-13-11-9-7-5-2;;/h17-18,20H,4-16,19H2,1-3H3;;/q;+1;-1. The van der Waals surface area contributed by atoms with E-state index in [-0.39, 0.29) is 37.6 Å². The molecule has 0 heterocycles. The molecule has 158 valence electrons. The molecule has 1 aromatic rings. The number of aryl methyl sites for hydroxylation is 2. The van der Waals surface area contributed by atoms with Gasteiger partial charge in [-0.3, -0.25) is 4.18 Å². The summed E-state index contributed by atoms with van der Waals surface area (Å²) in [6, 6.07) is 5.78. The van der Waals surface area contributed by atoms with Crippen LogP contribution in [0.25, 0.3) is 0 Å². The summed E-state index contributed by atoms with van der Waals surface area (Å²) in [6.07, 6.45) is 15.1. The molecule has 0 fully saturated rings. The van der Waals surface area contributed by atoms with E-state index in [0.717, 1.165) is 43.2 Å². The van der Waals surface area contributed by atoms with Gasteiger partial charge in [-0.15, -0.1) is 0 Å². The van der Waals surface area contributed by atoms with Gasteiger partial charge in [0.2, 0.25) is 0 Å². The minimum atomic E-state index is -3.65. The molecule has 0 aliphatic heterocycles. The van der Waals surface area contributed by atoms with Gasteiger partial charge in [0.15, 0.2) is 0 Å². The van der Waals surface area contributed by atoms with E-state index in [1.54, 1.807) is 0 Å². The van der Waals surface area contributed by atoms with Gasteiger partial charge in [-0.05, 0) is 43.4 Å². The fourth-order valence-electron chi connectivity index (χ4n) is 3.29. The molecule has 1 rings (SSSR count). The van der Waals surface area contributed by atoms with Crippen molar-refractivity contribution in [1.82, 2.24) is 0 Å². The maximum atomic E-state index is 12.6. The third kappa shape index (κ3) is 12.0. The van der Waals surface area contributed by atoms with Crippen molar-refractivity contribution in [2.75, 3.05) is 6.61 Å². The second-order valence-corrected chi connectivity index (χ2v) is 9.25. The van der Waals surface area contributed by atoms with E-state index in [1.165, 1.54) is 51.4 Å². The van der Waals surface area contributed by atoms with Crippen LogP contribution < -0.4 is 29.6 Å². The smallest absolute Gasteiger partial charge is 1.00 e. The maximum absolute atomic E-state index is 12.6. The van der Waals surface area contributed by atoms with Crippen molar-refractivity contribution in [2.24, 2.45) is 0 Å². The molecule has 0 bridgehead atoms. The SMILES string of the molecule is CCCCCCCCOS(=O)(=O)c1cc(CCCCCCCC)ccc1C.[H-].[Na+]. The Labute approximate surface area is 197 Å². The molecule has 3 nitrogen and oxygen atoms in total. The molecule has 0 aromatic heterocycles. The average Bonchev–Trinajstić information content (AvgIpc) is 2.65. The molecule has 0 saturated carbocycles. The van der Waals surface area contributed by atoms with Crippen LogP contribution in [-0.2, 0) is 20.7 Å². The van der Waals surface area contributed by atoms with Gasteiger partial charge in [-0.1, -0.05) is 90.2 Å². The summed E-state index contributed by atoms with van der Waals surface area (Å²) in [5.74, 6) is 0. The zero-order valence-corrected chi connectivity index (χ0v) is 21.6. The minimum absolute atomic E-state index is 0. The summed E-state index contributed by atoms with van der Waals surface area (Å²) < 4.78 is 30.4. The van der Waals surface area contributed by atoms with E-state index in [0.29, 0.717) is 4.90 Å². The number of unbranched alkanes of at least 4 members (excludes halogenated alkanes) is 10. The Morgan fingerprint density at radius 1 is 0.821 bits per heavy atom. The largest absolute Gasteiger partial charge is 1.00 e. The Kier molecular flexibility index (Phi) is 17.0. The first-order valence-corrected chi connectivity index (χ1v) is 12.4. The first kappa shape index (κ1) is 28.1. The molecule has 1 aromatic carbocycles. The summed E-state index contributed by atoms with van der Waals surface area (Å²) in [5, 5.41) is 0. The van der Waals surface area contributed by atoms with Crippen LogP contribution in [0.1, 0.15) is 103 Å². The minimum Gasteiger partial charge on any atom is -1.00 e. The van der Waals surface area contributed by atoms with E-state index in [1.807, 2.05) is 25.1 Å². The molecule has 0 radical (unpaired) electrons. The molecule has 28 heavy (non-hydrogen) atoms. The van der Waals surface area contributed by atoms with Crippen molar-refractivity contribution >= 4 is 10.1 Å². The third-order valence-electron chi connectivity index (χ3n) is 5.08. The van der Waals surface area contributed by atoms with E-state index in [2.05, 4.69) is 13.8 Å². The van der Waals surface area contributed by atoms with Crippen LogP contribution >= 0.6 is 0 Å². The molecular weight excluding hydrogens is 379 g/mol. The van der Waals surface area contributed by atoms with Gasteiger partial charge in [0.1, 0.15) is 0 Å². The zero-order chi connectivity index (χ0) is 20.0. The maximum Gasteiger partial charge on any atom is 1.00 e. The van der Waals surface area contributed by atoms with Crippen LogP contribution in [0.2, 0.25) is 0 Å². The molecule has 0 unspecified atom stereocenters. The fraction of sp³-hybridized carbons (Fsp3) is 0.739. The van der Waals surface area contributed by atoms with Crippen LogP contribution in [0.4, 0.5) is 0 Å². The Hall–Kier alpha value is 0.130. The zero-order valence-electron chi connectivity index (χ0n) is 19.8. The Bertz CT molecular complexity index is 621. The monoisotopic (exact) mass is 420 g/mol. The number of benzene rings is 1. The van der Waals surface area contributed by atoms with Crippen LogP contribution in [0.3, 0.4) is 0 Å². The number of rotatable bonds is 16. The molecular formula is C23H41NaO3S. The molecule has 0 saturated heterocycles. The second-order valence-electron chi connectivity index (χ2n) is 7.66. The second kappa shape index (κ2) is 16.9. The van der Waals surface area contributed by atoms with E-state index < -0.39 is 10.1 Å². The van der Waals surface area contributed by atoms with Crippen molar-refractivity contribution in [3.63, 3.8) is 0 Å². The van der Waals surface area contributed by atoms with Crippen molar-refractivity contribution in [2.45, 2.75) is 109 Å². The molecule has 0 spiro atoms. The summed E-state index contributed by atoms with van der Waals surface area (Å²) in [4.78, 5) is 0.344. The molecule has 0 amide bonds. The van der Waals surface area contributed by atoms with Gasteiger partial charge in [-0.25, -0.2) is 0 Å². The quantitative estimate of drug-likeness (QED) is 0.230. The molecule has 5 heteroatoms. The number of hydrogen-bond donors (Lipinski definition) is 0. The van der Waals surface area contributed by atoms with Gasteiger partial charge in [0.25, 0.3) is 10.1 Å². The first-order chi connectivity index (χ1) is 13.0. The molecule has 0 atom stereocenters. The molecule has 0 aliphatic carbocycles. The van der Waals surface area contributed by atoms with Crippen molar-refractivity contribution < 1.29 is 43.6 Å². The first-order valence-electron chi connectivity index (χ1n) is 11.0. The van der Waals surface area contributed by atoms with Crippen molar-refractivity contribution in [3.8, 4) is 0 Å². The number of hydrogen-bond acceptors (Lipinski definition) is 3. The van der Waals surface area contributed by atoms with Gasteiger partial charge >= 0.3 is 29.6 Å². The third-order valence-corrected chi connectivity index (χ3v) is 6.53. The molecule has 0 aliphatic rings. The fourth-order valence-corrected chi connectivity index (χ4v) is 4.52. The Morgan fingerprint density at radius 3 is 1.96 bits per heavy atom. The molecule has 0 N–H and O–H groups in total. The Balaban J connectivity index is 0. The van der Waals surface area contributed by atoms with Crippen LogP contribution in [-0.4, -0.2) is 15.0 Å². The normalized spacial score (nSPS) is 11.4. The average molecular weight is 421 g/mol. The van der Waals surface area contributed by atoms with Crippen molar-refractivity contribution in [1.29, 1.82) is 0 Å². The van der Waals surface area contributed by atoms with E-state index in [9.17, 15) is 8.42 Å². The topological polar surface area (TPSA) is 43.4 Å². The van der Waals surface area contributed by atoms with Gasteiger partial charge in [0, 0.05) is 0 Å². The van der Waals surface area contributed by atoms with E-state index in [4.69, 9.17) is 4.18 Å².